The minimum absolute atomic E-state index is 0.0612. The van der Waals surface area contributed by atoms with Gasteiger partial charge in [0.1, 0.15) is 7.14 Å². The predicted molar refractivity (Wildman–Crippen MR) is 115 cm³/mol. The van der Waals surface area contributed by atoms with Gasteiger partial charge in [-0.2, -0.15) is 0 Å². The molecule has 1 aromatic rings. The molecule has 5 atom stereocenters. The van der Waals surface area contributed by atoms with E-state index in [4.69, 9.17) is 0 Å². The molecule has 0 spiro atoms. The molecule has 0 amide bonds. The molecule has 0 aromatic heterocycles. The largest absolute Gasteiger partial charge is 0.322 e. The molecule has 0 N–H and O–H groups in total. The number of hydrogen-bond donors (Lipinski definition) is 0. The summed E-state index contributed by atoms with van der Waals surface area (Å²) in [7, 11) is -2.32. The highest BCUT2D eigenvalue weighted by atomic mass is 31.2. The van der Waals surface area contributed by atoms with E-state index in [1.54, 1.807) is 0 Å². The number of rotatable bonds is 4. The highest BCUT2D eigenvalue weighted by molar-refractivity contribution is 7.68. The summed E-state index contributed by atoms with van der Waals surface area (Å²) in [6, 6.07) is 10.8. The summed E-state index contributed by atoms with van der Waals surface area (Å²) < 4.78 is 14.9. The Morgan fingerprint density at radius 2 is 1.69 bits per heavy atom. The zero-order valence-electron chi connectivity index (χ0n) is 18.0. The maximum Gasteiger partial charge on any atom is 0.101 e. The fraction of sp³-hybridized carbons (Fsp3) is 0.750. The van der Waals surface area contributed by atoms with E-state index in [1.807, 2.05) is 0 Å². The average Bonchev–Trinajstić information content (AvgIpc) is 2.59. The predicted octanol–water partition coefficient (Wildman–Crippen LogP) is 7.24. The highest BCUT2D eigenvalue weighted by Crippen LogP contribution is 2.85. The van der Waals surface area contributed by atoms with Crippen molar-refractivity contribution in [3.8, 4) is 0 Å². The SMILES string of the molecule is CC(C)[C@@H]1CC[C@@H](C)C[C@H]1P1(=O)[C@@H](Cc2ccccc2)C(C)(C)C1(C)C. The zero-order chi connectivity index (χ0) is 19.3. The minimum Gasteiger partial charge on any atom is -0.322 e. The van der Waals surface area contributed by atoms with Crippen molar-refractivity contribution in [2.75, 3.05) is 0 Å². The van der Waals surface area contributed by atoms with E-state index >= 15 is 0 Å². The van der Waals surface area contributed by atoms with E-state index in [0.29, 0.717) is 23.2 Å². The Bertz CT molecular complexity index is 673. The van der Waals surface area contributed by atoms with Crippen LogP contribution in [-0.2, 0) is 11.0 Å². The lowest BCUT2D eigenvalue weighted by molar-refractivity contribution is 0.164. The van der Waals surface area contributed by atoms with Crippen molar-refractivity contribution in [2.45, 2.75) is 90.6 Å². The van der Waals surface area contributed by atoms with Crippen LogP contribution in [0.25, 0.3) is 0 Å². The molecule has 1 aromatic carbocycles. The molecule has 2 heteroatoms. The van der Waals surface area contributed by atoms with Crippen LogP contribution in [0.2, 0.25) is 0 Å². The van der Waals surface area contributed by atoms with Crippen LogP contribution in [0.3, 0.4) is 0 Å². The van der Waals surface area contributed by atoms with Gasteiger partial charge in [0.05, 0.1) is 0 Å². The summed E-state index contributed by atoms with van der Waals surface area (Å²) in [5.74, 6) is 1.98. The van der Waals surface area contributed by atoms with Crippen LogP contribution in [0.1, 0.15) is 73.3 Å². The van der Waals surface area contributed by atoms with Crippen molar-refractivity contribution in [3.05, 3.63) is 35.9 Å². The molecule has 0 bridgehead atoms. The molecule has 0 radical (unpaired) electrons. The third-order valence-electron chi connectivity index (χ3n) is 8.50. The first-order chi connectivity index (χ1) is 12.0. The van der Waals surface area contributed by atoms with Gasteiger partial charge in [-0.15, -0.1) is 0 Å². The second-order valence-corrected chi connectivity index (χ2v) is 14.4. The fourth-order valence-electron chi connectivity index (χ4n) is 6.13. The van der Waals surface area contributed by atoms with Gasteiger partial charge >= 0.3 is 0 Å². The second kappa shape index (κ2) is 6.80. The smallest absolute Gasteiger partial charge is 0.101 e. The zero-order valence-corrected chi connectivity index (χ0v) is 18.9. The van der Waals surface area contributed by atoms with Crippen LogP contribution >= 0.6 is 7.14 Å². The molecule has 1 saturated heterocycles. The number of hydrogen-bond acceptors (Lipinski definition) is 1. The minimum atomic E-state index is -2.32. The van der Waals surface area contributed by atoms with Gasteiger partial charge in [0.15, 0.2) is 0 Å². The molecule has 1 aliphatic carbocycles. The maximum absolute atomic E-state index is 14.9. The summed E-state index contributed by atoms with van der Waals surface area (Å²) in [4.78, 5) is 0. The van der Waals surface area contributed by atoms with E-state index in [9.17, 15) is 4.57 Å². The van der Waals surface area contributed by atoms with Gasteiger partial charge in [-0.25, -0.2) is 0 Å². The number of benzene rings is 1. The van der Waals surface area contributed by atoms with Crippen LogP contribution in [0.15, 0.2) is 30.3 Å². The summed E-state index contributed by atoms with van der Waals surface area (Å²) >= 11 is 0. The molecular weight excluding hydrogens is 335 g/mol. The normalized spacial score (nSPS) is 38.8. The Kier molecular flexibility index (Phi) is 5.28. The van der Waals surface area contributed by atoms with Crippen molar-refractivity contribution < 1.29 is 4.57 Å². The van der Waals surface area contributed by atoms with E-state index in [-0.39, 0.29) is 10.6 Å². The van der Waals surface area contributed by atoms with E-state index in [2.05, 4.69) is 78.8 Å². The average molecular weight is 375 g/mol. The first-order valence-electron chi connectivity index (χ1n) is 10.7. The summed E-state index contributed by atoms with van der Waals surface area (Å²) in [5, 5.41) is -0.0612. The van der Waals surface area contributed by atoms with Gasteiger partial charge in [-0.3, -0.25) is 0 Å². The highest BCUT2D eigenvalue weighted by Gasteiger charge is 2.72. The Balaban J connectivity index is 2.01. The molecule has 146 valence electrons. The lowest BCUT2D eigenvalue weighted by Crippen LogP contribution is -2.63. The van der Waals surface area contributed by atoms with Crippen LogP contribution < -0.4 is 0 Å². The standard InChI is InChI=1S/C24H39OP/c1-17(2)20-14-13-18(3)15-21(20)26(25)22(23(4,5)24(26,6)7)16-19-11-9-8-10-12-19/h8-12,17-18,20-22H,13-16H2,1-7H3/t18-,20+,21-,22+,26?/m1/s1. The topological polar surface area (TPSA) is 17.1 Å². The summed E-state index contributed by atoms with van der Waals surface area (Å²) in [6.45, 7) is 16.4. The van der Waals surface area contributed by atoms with Crippen molar-refractivity contribution in [3.63, 3.8) is 0 Å². The monoisotopic (exact) mass is 374 g/mol. The van der Waals surface area contributed by atoms with Crippen LogP contribution in [0.5, 0.6) is 0 Å². The first kappa shape index (κ1) is 20.2. The molecule has 1 saturated carbocycles. The molecule has 1 unspecified atom stereocenters. The van der Waals surface area contributed by atoms with Gasteiger partial charge < -0.3 is 4.57 Å². The molecule has 1 heterocycles. The Morgan fingerprint density at radius 3 is 2.27 bits per heavy atom. The Hall–Kier alpha value is -0.550. The quantitative estimate of drug-likeness (QED) is 0.508. The van der Waals surface area contributed by atoms with Crippen LogP contribution in [0.4, 0.5) is 0 Å². The Morgan fingerprint density at radius 1 is 1.08 bits per heavy atom. The summed E-state index contributed by atoms with van der Waals surface area (Å²) in [5.41, 5.74) is 2.22. The third-order valence-corrected chi connectivity index (χ3v) is 14.2. The molecule has 2 aliphatic rings. The van der Waals surface area contributed by atoms with Crippen molar-refractivity contribution in [1.82, 2.24) is 0 Å². The molecule has 1 aliphatic heterocycles. The van der Waals surface area contributed by atoms with Gasteiger partial charge in [0.2, 0.25) is 0 Å². The maximum atomic E-state index is 14.9. The van der Waals surface area contributed by atoms with Gasteiger partial charge in [0, 0.05) is 16.5 Å². The van der Waals surface area contributed by atoms with Crippen LogP contribution in [0, 0.1) is 23.2 Å². The fourth-order valence-corrected chi connectivity index (χ4v) is 12.6. The van der Waals surface area contributed by atoms with E-state index in [1.165, 1.54) is 24.8 Å². The lowest BCUT2D eigenvalue weighted by Gasteiger charge is -2.68. The molecule has 2 fully saturated rings. The molecular formula is C24H39OP. The Labute approximate surface area is 161 Å². The first-order valence-corrected chi connectivity index (χ1v) is 12.5. The van der Waals surface area contributed by atoms with Crippen molar-refractivity contribution in [2.24, 2.45) is 23.2 Å². The van der Waals surface area contributed by atoms with Gasteiger partial charge in [0.25, 0.3) is 0 Å². The molecule has 26 heavy (non-hydrogen) atoms. The van der Waals surface area contributed by atoms with Crippen LogP contribution in [-0.4, -0.2) is 16.5 Å². The summed E-state index contributed by atoms with van der Waals surface area (Å²) in [6.07, 6.45) is 4.73. The third kappa shape index (κ3) is 2.85. The van der Waals surface area contributed by atoms with Gasteiger partial charge in [-0.1, -0.05) is 85.2 Å². The van der Waals surface area contributed by atoms with E-state index in [0.717, 1.165) is 12.3 Å². The molecule has 1 nitrogen and oxygen atoms in total. The second-order valence-electron chi connectivity index (χ2n) is 10.6. The van der Waals surface area contributed by atoms with Crippen molar-refractivity contribution in [1.29, 1.82) is 0 Å². The van der Waals surface area contributed by atoms with Gasteiger partial charge in [-0.05, 0) is 48.0 Å². The van der Waals surface area contributed by atoms with E-state index < -0.39 is 7.14 Å². The van der Waals surface area contributed by atoms with Crippen molar-refractivity contribution >= 4 is 7.14 Å². The molecule has 3 rings (SSSR count). The lowest BCUT2D eigenvalue weighted by atomic mass is 9.73.